The quantitative estimate of drug-likeness (QED) is 0.916. The van der Waals surface area contributed by atoms with Gasteiger partial charge in [0.25, 0.3) is 0 Å². The van der Waals surface area contributed by atoms with Gasteiger partial charge in [-0.25, -0.2) is 0 Å². The Morgan fingerprint density at radius 1 is 1.24 bits per heavy atom. The predicted octanol–water partition coefficient (Wildman–Crippen LogP) is 4.15. The Hall–Kier alpha value is -1.74. The molecule has 1 unspecified atom stereocenters. The Morgan fingerprint density at radius 2 is 2.05 bits per heavy atom. The van der Waals surface area contributed by atoms with Crippen molar-refractivity contribution in [3.8, 4) is 5.75 Å². The van der Waals surface area contributed by atoms with Gasteiger partial charge in [0, 0.05) is 18.5 Å². The van der Waals surface area contributed by atoms with E-state index < -0.39 is 0 Å². The summed E-state index contributed by atoms with van der Waals surface area (Å²) in [6.45, 7) is 9.14. The van der Waals surface area contributed by atoms with Gasteiger partial charge in [-0.15, -0.1) is 0 Å². The maximum absolute atomic E-state index is 6.10. The van der Waals surface area contributed by atoms with E-state index >= 15 is 0 Å². The molecule has 3 heteroatoms. The zero-order chi connectivity index (χ0) is 15.0. The van der Waals surface area contributed by atoms with Crippen molar-refractivity contribution in [3.63, 3.8) is 0 Å². The average Bonchev–Trinajstić information content (AvgIpc) is 2.97. The highest BCUT2D eigenvalue weighted by Gasteiger charge is 2.31. The molecular weight excluding hydrogens is 262 g/mol. The normalized spacial score (nSPS) is 17.3. The van der Waals surface area contributed by atoms with Gasteiger partial charge in [0.05, 0.1) is 6.04 Å². The summed E-state index contributed by atoms with van der Waals surface area (Å²) in [6, 6.07) is 10.6. The van der Waals surface area contributed by atoms with Crippen LogP contribution in [-0.2, 0) is 13.0 Å². The Bertz CT molecular complexity index is 642. The number of ether oxygens (including phenoxy) is 1. The molecule has 21 heavy (non-hydrogen) atoms. The molecule has 2 aromatic rings. The standard InChI is InChI=1S/C18H23NO2/c1-12-8-9-16(20-12)13(2)19-11-15-7-5-6-14-10-18(3,4)21-17(14)15/h5-9,13,19H,10-11H2,1-4H3. The van der Waals surface area contributed by atoms with E-state index in [0.717, 1.165) is 30.2 Å². The van der Waals surface area contributed by atoms with Crippen molar-refractivity contribution in [2.24, 2.45) is 0 Å². The lowest BCUT2D eigenvalue weighted by Crippen LogP contribution is -2.25. The number of furan rings is 1. The minimum atomic E-state index is -0.0951. The van der Waals surface area contributed by atoms with Gasteiger partial charge in [-0.2, -0.15) is 0 Å². The van der Waals surface area contributed by atoms with E-state index in [-0.39, 0.29) is 11.6 Å². The number of fused-ring (bicyclic) bond motifs is 1. The maximum atomic E-state index is 6.10. The summed E-state index contributed by atoms with van der Waals surface area (Å²) in [7, 11) is 0. The summed E-state index contributed by atoms with van der Waals surface area (Å²) < 4.78 is 11.8. The lowest BCUT2D eigenvalue weighted by atomic mass is 10.0. The summed E-state index contributed by atoms with van der Waals surface area (Å²) in [5, 5.41) is 3.51. The van der Waals surface area contributed by atoms with Gasteiger partial charge in [0.1, 0.15) is 22.9 Å². The minimum absolute atomic E-state index is 0.0951. The molecule has 1 atom stereocenters. The van der Waals surface area contributed by atoms with E-state index in [0.29, 0.717) is 0 Å². The van der Waals surface area contributed by atoms with Crippen molar-refractivity contribution in [2.75, 3.05) is 0 Å². The van der Waals surface area contributed by atoms with Crippen LogP contribution in [-0.4, -0.2) is 5.60 Å². The summed E-state index contributed by atoms with van der Waals surface area (Å²) in [5.41, 5.74) is 2.43. The van der Waals surface area contributed by atoms with Gasteiger partial charge < -0.3 is 14.5 Å². The largest absolute Gasteiger partial charge is 0.487 e. The molecular formula is C18H23NO2. The second-order valence-corrected chi connectivity index (χ2v) is 6.49. The van der Waals surface area contributed by atoms with Gasteiger partial charge >= 0.3 is 0 Å². The molecule has 1 aliphatic rings. The molecule has 0 spiro atoms. The van der Waals surface area contributed by atoms with E-state index in [4.69, 9.17) is 9.15 Å². The molecule has 0 saturated carbocycles. The number of hydrogen-bond acceptors (Lipinski definition) is 3. The summed E-state index contributed by atoms with van der Waals surface area (Å²) >= 11 is 0. The summed E-state index contributed by atoms with van der Waals surface area (Å²) in [6.07, 6.45) is 0.975. The third-order valence-electron chi connectivity index (χ3n) is 3.96. The number of rotatable bonds is 4. The van der Waals surface area contributed by atoms with Gasteiger partial charge in [0.2, 0.25) is 0 Å². The first-order chi connectivity index (χ1) is 9.94. The van der Waals surface area contributed by atoms with Crippen molar-refractivity contribution in [1.29, 1.82) is 0 Å². The highest BCUT2D eigenvalue weighted by atomic mass is 16.5. The first kappa shape index (κ1) is 14.2. The predicted molar refractivity (Wildman–Crippen MR) is 83.6 cm³/mol. The SMILES string of the molecule is Cc1ccc(C(C)NCc2cccc3c2OC(C)(C)C3)o1. The molecule has 3 rings (SSSR count). The van der Waals surface area contributed by atoms with E-state index in [9.17, 15) is 0 Å². The second kappa shape index (κ2) is 5.23. The highest BCUT2D eigenvalue weighted by molar-refractivity contribution is 5.45. The van der Waals surface area contributed by atoms with Crippen LogP contribution in [0.25, 0.3) is 0 Å². The average molecular weight is 285 g/mol. The van der Waals surface area contributed by atoms with Crippen LogP contribution in [0.5, 0.6) is 5.75 Å². The maximum Gasteiger partial charge on any atom is 0.127 e. The number of aryl methyl sites for hydroxylation is 1. The van der Waals surface area contributed by atoms with Gasteiger partial charge in [-0.1, -0.05) is 18.2 Å². The molecule has 1 aromatic heterocycles. The first-order valence-electron chi connectivity index (χ1n) is 7.54. The third-order valence-corrected chi connectivity index (χ3v) is 3.96. The molecule has 0 radical (unpaired) electrons. The molecule has 0 aliphatic carbocycles. The lowest BCUT2D eigenvalue weighted by molar-refractivity contribution is 0.137. The fraction of sp³-hybridized carbons (Fsp3) is 0.444. The van der Waals surface area contributed by atoms with Crippen LogP contribution < -0.4 is 10.1 Å². The minimum Gasteiger partial charge on any atom is -0.487 e. The Kier molecular flexibility index (Phi) is 3.54. The number of hydrogen-bond donors (Lipinski definition) is 1. The zero-order valence-corrected chi connectivity index (χ0v) is 13.2. The van der Waals surface area contributed by atoms with Crippen molar-refractivity contribution in [2.45, 2.75) is 52.3 Å². The van der Waals surface area contributed by atoms with Crippen LogP contribution >= 0.6 is 0 Å². The summed E-state index contributed by atoms with van der Waals surface area (Å²) in [4.78, 5) is 0. The molecule has 112 valence electrons. The Morgan fingerprint density at radius 3 is 2.76 bits per heavy atom. The Labute approximate surface area is 126 Å². The topological polar surface area (TPSA) is 34.4 Å². The Balaban J connectivity index is 1.71. The van der Waals surface area contributed by atoms with Gasteiger partial charge in [-0.05, 0) is 45.4 Å². The van der Waals surface area contributed by atoms with Gasteiger partial charge in [-0.3, -0.25) is 0 Å². The van der Waals surface area contributed by atoms with E-state index in [2.05, 4.69) is 44.3 Å². The molecule has 0 bridgehead atoms. The third kappa shape index (κ3) is 2.98. The molecule has 1 aromatic carbocycles. The van der Waals surface area contributed by atoms with Crippen LogP contribution in [0.2, 0.25) is 0 Å². The smallest absolute Gasteiger partial charge is 0.127 e. The van der Waals surface area contributed by atoms with Crippen LogP contribution in [0, 0.1) is 6.92 Å². The summed E-state index contributed by atoms with van der Waals surface area (Å²) in [5.74, 6) is 2.98. The molecule has 0 fully saturated rings. The van der Waals surface area contributed by atoms with Gasteiger partial charge in [0.15, 0.2) is 0 Å². The lowest BCUT2D eigenvalue weighted by Gasteiger charge is -2.19. The first-order valence-corrected chi connectivity index (χ1v) is 7.54. The van der Waals surface area contributed by atoms with Crippen molar-refractivity contribution in [3.05, 3.63) is 53.0 Å². The number of para-hydroxylation sites is 1. The van der Waals surface area contributed by atoms with E-state index in [1.807, 2.05) is 19.1 Å². The van der Waals surface area contributed by atoms with Crippen LogP contribution in [0.15, 0.2) is 34.7 Å². The fourth-order valence-corrected chi connectivity index (χ4v) is 2.87. The second-order valence-electron chi connectivity index (χ2n) is 6.49. The molecule has 2 heterocycles. The highest BCUT2D eigenvalue weighted by Crippen LogP contribution is 2.37. The zero-order valence-electron chi connectivity index (χ0n) is 13.2. The molecule has 3 nitrogen and oxygen atoms in total. The molecule has 1 aliphatic heterocycles. The fourth-order valence-electron chi connectivity index (χ4n) is 2.87. The molecule has 0 saturated heterocycles. The number of benzene rings is 1. The molecule has 1 N–H and O–H groups in total. The number of nitrogens with one attached hydrogen (secondary N) is 1. The van der Waals surface area contributed by atoms with E-state index in [1.54, 1.807) is 0 Å². The van der Waals surface area contributed by atoms with Crippen molar-refractivity contribution >= 4 is 0 Å². The van der Waals surface area contributed by atoms with Crippen LogP contribution in [0.4, 0.5) is 0 Å². The van der Waals surface area contributed by atoms with Crippen LogP contribution in [0.3, 0.4) is 0 Å². The van der Waals surface area contributed by atoms with Crippen LogP contribution in [0.1, 0.15) is 49.5 Å². The van der Waals surface area contributed by atoms with Crippen molar-refractivity contribution in [1.82, 2.24) is 5.32 Å². The molecule has 0 amide bonds. The van der Waals surface area contributed by atoms with Crippen molar-refractivity contribution < 1.29 is 9.15 Å². The monoisotopic (exact) mass is 285 g/mol. The van der Waals surface area contributed by atoms with E-state index in [1.165, 1.54) is 11.1 Å².